The van der Waals surface area contributed by atoms with Crippen LogP contribution in [0.1, 0.15) is 15.9 Å². The van der Waals surface area contributed by atoms with E-state index in [1.54, 1.807) is 30.3 Å². The first kappa shape index (κ1) is 15.4. The van der Waals surface area contributed by atoms with Crippen LogP contribution in [0.25, 0.3) is 17.5 Å². The third kappa shape index (κ3) is 3.44. The van der Waals surface area contributed by atoms with Gasteiger partial charge in [-0.1, -0.05) is 49.1 Å². The Morgan fingerprint density at radius 2 is 1.58 bits per heavy atom. The summed E-state index contributed by atoms with van der Waals surface area (Å²) in [7, 11) is 0. The van der Waals surface area contributed by atoms with Crippen molar-refractivity contribution in [2.45, 2.75) is 0 Å². The van der Waals surface area contributed by atoms with Gasteiger partial charge in [-0.25, -0.2) is 0 Å². The molecule has 0 aliphatic heterocycles. The number of benzene rings is 2. The number of anilines is 3. The molecule has 0 bridgehead atoms. The molecule has 24 heavy (non-hydrogen) atoms. The van der Waals surface area contributed by atoms with Crippen LogP contribution in [0.5, 0.6) is 0 Å². The van der Waals surface area contributed by atoms with Crippen molar-refractivity contribution in [3.8, 4) is 11.4 Å². The predicted molar refractivity (Wildman–Crippen MR) is 94.9 cm³/mol. The van der Waals surface area contributed by atoms with Gasteiger partial charge < -0.3 is 11.1 Å². The first-order valence-corrected chi connectivity index (χ1v) is 7.24. The fraction of sp³-hybridized carbons (Fsp3) is 0. The molecule has 0 aliphatic rings. The van der Waals surface area contributed by atoms with Crippen molar-refractivity contribution in [2.75, 3.05) is 11.1 Å². The van der Waals surface area contributed by atoms with Crippen molar-refractivity contribution in [3.63, 3.8) is 0 Å². The third-order valence-corrected chi connectivity index (χ3v) is 3.36. The summed E-state index contributed by atoms with van der Waals surface area (Å²) in [4.78, 5) is 23.4. The van der Waals surface area contributed by atoms with Crippen LogP contribution >= 0.6 is 0 Å². The van der Waals surface area contributed by atoms with E-state index < -0.39 is 0 Å². The van der Waals surface area contributed by atoms with Crippen molar-refractivity contribution in [3.05, 3.63) is 66.2 Å². The minimum atomic E-state index is 0.115. The van der Waals surface area contributed by atoms with Crippen molar-refractivity contribution in [1.82, 2.24) is 15.0 Å². The molecule has 0 radical (unpaired) electrons. The van der Waals surface area contributed by atoms with Gasteiger partial charge in [0.15, 0.2) is 5.82 Å². The molecule has 1 aromatic heterocycles. The zero-order valence-corrected chi connectivity index (χ0v) is 12.8. The highest BCUT2D eigenvalue weighted by Gasteiger charge is 2.07. The number of nitrogens with one attached hydrogen (secondary N) is 1. The Balaban J connectivity index is 1.89. The largest absolute Gasteiger partial charge is 0.368 e. The van der Waals surface area contributed by atoms with Gasteiger partial charge >= 0.3 is 0 Å². The summed E-state index contributed by atoms with van der Waals surface area (Å²) < 4.78 is 0. The van der Waals surface area contributed by atoms with E-state index in [9.17, 15) is 4.79 Å². The van der Waals surface area contributed by atoms with Crippen LogP contribution in [-0.4, -0.2) is 21.2 Å². The van der Waals surface area contributed by atoms with E-state index in [-0.39, 0.29) is 5.95 Å². The molecule has 2 aromatic carbocycles. The summed E-state index contributed by atoms with van der Waals surface area (Å²) in [6, 6.07) is 14.6. The molecule has 6 heteroatoms. The molecule has 0 spiro atoms. The summed E-state index contributed by atoms with van der Waals surface area (Å²) in [6.45, 7) is 3.72. The Hall–Kier alpha value is -3.54. The monoisotopic (exact) mass is 317 g/mol. The van der Waals surface area contributed by atoms with Crippen LogP contribution in [0, 0.1) is 0 Å². The van der Waals surface area contributed by atoms with Crippen molar-refractivity contribution >= 4 is 29.9 Å². The third-order valence-electron chi connectivity index (χ3n) is 3.36. The van der Waals surface area contributed by atoms with E-state index in [2.05, 4.69) is 26.8 Å². The van der Waals surface area contributed by atoms with Gasteiger partial charge in [0, 0.05) is 16.8 Å². The number of carbonyl (C=O) groups is 1. The van der Waals surface area contributed by atoms with E-state index in [0.29, 0.717) is 17.3 Å². The van der Waals surface area contributed by atoms with Crippen molar-refractivity contribution in [1.29, 1.82) is 0 Å². The van der Waals surface area contributed by atoms with E-state index >= 15 is 0 Å². The van der Waals surface area contributed by atoms with E-state index in [1.807, 2.05) is 24.3 Å². The highest BCUT2D eigenvalue weighted by atomic mass is 16.1. The zero-order valence-electron chi connectivity index (χ0n) is 12.8. The van der Waals surface area contributed by atoms with Gasteiger partial charge in [0.2, 0.25) is 11.9 Å². The lowest BCUT2D eigenvalue weighted by molar-refractivity contribution is 0.112. The molecular weight excluding hydrogens is 302 g/mol. The first-order valence-electron chi connectivity index (χ1n) is 7.24. The molecule has 118 valence electrons. The van der Waals surface area contributed by atoms with Crippen LogP contribution in [-0.2, 0) is 0 Å². The number of hydrogen-bond donors (Lipinski definition) is 2. The molecule has 0 saturated heterocycles. The minimum absolute atomic E-state index is 0.115. The second-order valence-electron chi connectivity index (χ2n) is 5.03. The fourth-order valence-electron chi connectivity index (χ4n) is 2.12. The van der Waals surface area contributed by atoms with Gasteiger partial charge in [-0.15, -0.1) is 0 Å². The summed E-state index contributed by atoms with van der Waals surface area (Å²) in [5.41, 5.74) is 8.96. The highest BCUT2D eigenvalue weighted by molar-refractivity contribution is 5.76. The van der Waals surface area contributed by atoms with Crippen LogP contribution in [0.3, 0.4) is 0 Å². The number of carbonyl (C=O) groups excluding carboxylic acids is 1. The van der Waals surface area contributed by atoms with E-state index in [1.165, 1.54) is 0 Å². The second kappa shape index (κ2) is 6.70. The number of aldehydes is 1. The molecule has 3 N–H and O–H groups in total. The Labute approximate surface area is 139 Å². The van der Waals surface area contributed by atoms with Crippen LogP contribution < -0.4 is 11.1 Å². The molecule has 6 nitrogen and oxygen atoms in total. The maximum absolute atomic E-state index is 10.7. The van der Waals surface area contributed by atoms with Crippen LogP contribution in [0.4, 0.5) is 17.6 Å². The number of aromatic nitrogens is 3. The fourth-order valence-corrected chi connectivity index (χ4v) is 2.12. The zero-order chi connectivity index (χ0) is 16.9. The smallest absolute Gasteiger partial charge is 0.232 e. The van der Waals surface area contributed by atoms with Crippen LogP contribution in [0.2, 0.25) is 0 Å². The molecule has 0 amide bonds. The normalized spacial score (nSPS) is 10.2. The summed E-state index contributed by atoms with van der Waals surface area (Å²) in [5, 5.41) is 3.10. The van der Waals surface area contributed by atoms with Crippen molar-refractivity contribution < 1.29 is 4.79 Å². The summed E-state index contributed by atoms with van der Waals surface area (Å²) in [6.07, 6.45) is 2.55. The SMILES string of the molecule is C=Cc1ccc(Nc2nc(N)nc(-c3ccc(C=O)cc3)n2)cc1. The Kier molecular flexibility index (Phi) is 4.29. The van der Waals surface area contributed by atoms with Crippen molar-refractivity contribution in [2.24, 2.45) is 0 Å². The number of nitrogens with zero attached hydrogens (tertiary/aromatic N) is 3. The van der Waals surface area contributed by atoms with Gasteiger partial charge in [-0.2, -0.15) is 15.0 Å². The molecule has 0 unspecified atom stereocenters. The summed E-state index contributed by atoms with van der Waals surface area (Å²) in [5.74, 6) is 0.901. The van der Waals surface area contributed by atoms with Gasteiger partial charge in [0.25, 0.3) is 0 Å². The number of rotatable bonds is 5. The molecule has 3 rings (SSSR count). The molecule has 0 fully saturated rings. The van der Waals surface area contributed by atoms with Gasteiger partial charge in [-0.05, 0) is 17.7 Å². The Morgan fingerprint density at radius 1 is 0.917 bits per heavy atom. The average Bonchev–Trinajstić information content (AvgIpc) is 2.62. The average molecular weight is 317 g/mol. The maximum Gasteiger partial charge on any atom is 0.232 e. The second-order valence-corrected chi connectivity index (χ2v) is 5.03. The lowest BCUT2D eigenvalue weighted by Gasteiger charge is -2.08. The first-order chi connectivity index (χ1) is 11.7. The minimum Gasteiger partial charge on any atom is -0.368 e. The van der Waals surface area contributed by atoms with E-state index in [4.69, 9.17) is 5.73 Å². The maximum atomic E-state index is 10.7. The molecule has 0 atom stereocenters. The molecular formula is C18H15N5O. The number of hydrogen-bond acceptors (Lipinski definition) is 6. The molecule has 1 heterocycles. The lowest BCUT2D eigenvalue weighted by atomic mass is 10.1. The Morgan fingerprint density at radius 3 is 2.21 bits per heavy atom. The Bertz CT molecular complexity index is 873. The van der Waals surface area contributed by atoms with Gasteiger partial charge in [0.1, 0.15) is 6.29 Å². The number of nitrogens with two attached hydrogens (primary N) is 1. The highest BCUT2D eigenvalue weighted by Crippen LogP contribution is 2.20. The molecule has 0 saturated carbocycles. The van der Waals surface area contributed by atoms with Gasteiger partial charge in [0.05, 0.1) is 0 Å². The van der Waals surface area contributed by atoms with Crippen LogP contribution in [0.15, 0.2) is 55.1 Å². The van der Waals surface area contributed by atoms with E-state index in [0.717, 1.165) is 23.1 Å². The quantitative estimate of drug-likeness (QED) is 0.701. The number of nitrogen functional groups attached to an aromatic ring is 1. The lowest BCUT2D eigenvalue weighted by Crippen LogP contribution is -2.05. The predicted octanol–water partition coefficient (Wildman–Crippen LogP) is 3.32. The molecule has 3 aromatic rings. The standard InChI is InChI=1S/C18H15N5O/c1-2-12-5-9-15(10-6-12)20-18-22-16(21-17(19)23-18)14-7-3-13(11-24)4-8-14/h2-11H,1H2,(H3,19,20,21,22,23). The summed E-state index contributed by atoms with van der Waals surface area (Å²) >= 11 is 0. The van der Waals surface area contributed by atoms with Gasteiger partial charge in [-0.3, -0.25) is 4.79 Å². The topological polar surface area (TPSA) is 93.8 Å². The molecule has 0 aliphatic carbocycles.